The van der Waals surface area contributed by atoms with E-state index in [4.69, 9.17) is 0 Å². The van der Waals surface area contributed by atoms with E-state index in [1.165, 1.54) is 0 Å². The molecule has 3 aromatic rings. The number of aromatic amines is 1. The lowest BCUT2D eigenvalue weighted by atomic mass is 10.3. The molecule has 112 valence electrons. The number of carbonyl (C=O) groups excluding carboxylic acids is 1. The van der Waals surface area contributed by atoms with Crippen molar-refractivity contribution in [2.24, 2.45) is 0 Å². The summed E-state index contributed by atoms with van der Waals surface area (Å²) in [5, 5.41) is 10.8. The lowest BCUT2D eigenvalue weighted by molar-refractivity contribution is 0.102. The zero-order valence-corrected chi connectivity index (χ0v) is 12.3. The third-order valence-electron chi connectivity index (χ3n) is 3.19. The zero-order chi connectivity index (χ0) is 15.5. The molecular formula is C15H16N6O. The molecule has 3 heterocycles. The van der Waals surface area contributed by atoms with Crippen LogP contribution in [0.15, 0.2) is 42.9 Å². The Bertz CT molecular complexity index is 775. The lowest BCUT2D eigenvalue weighted by Crippen LogP contribution is -2.13. The lowest BCUT2D eigenvalue weighted by Gasteiger charge is -2.10. The molecule has 0 unspecified atom stereocenters. The smallest absolute Gasteiger partial charge is 0.273 e. The predicted molar refractivity (Wildman–Crippen MR) is 82.4 cm³/mol. The number of amides is 1. The fourth-order valence-electron chi connectivity index (χ4n) is 2.09. The van der Waals surface area contributed by atoms with Gasteiger partial charge >= 0.3 is 0 Å². The van der Waals surface area contributed by atoms with Gasteiger partial charge in [-0.15, -0.1) is 10.2 Å². The van der Waals surface area contributed by atoms with E-state index < -0.39 is 0 Å². The first kappa shape index (κ1) is 14.0. The number of nitrogens with one attached hydrogen (secondary N) is 2. The Morgan fingerprint density at radius 2 is 2.14 bits per heavy atom. The van der Waals surface area contributed by atoms with Crippen molar-refractivity contribution in [1.29, 1.82) is 0 Å². The highest BCUT2D eigenvalue weighted by Gasteiger charge is 2.13. The third-order valence-corrected chi connectivity index (χ3v) is 3.19. The van der Waals surface area contributed by atoms with E-state index in [0.29, 0.717) is 23.0 Å². The molecule has 0 saturated carbocycles. The minimum absolute atomic E-state index is 0.226. The molecule has 7 heteroatoms. The van der Waals surface area contributed by atoms with Crippen molar-refractivity contribution < 1.29 is 4.79 Å². The van der Waals surface area contributed by atoms with Gasteiger partial charge in [-0.05, 0) is 38.1 Å². The second-order valence-corrected chi connectivity index (χ2v) is 5.10. The minimum Gasteiger partial charge on any atom is -0.357 e. The highest BCUT2D eigenvalue weighted by Crippen LogP contribution is 2.19. The van der Waals surface area contributed by atoms with Crippen LogP contribution < -0.4 is 5.32 Å². The molecule has 3 rings (SSSR count). The molecule has 0 fully saturated rings. The minimum atomic E-state index is -0.236. The first-order valence-corrected chi connectivity index (χ1v) is 6.97. The van der Waals surface area contributed by atoms with Gasteiger partial charge in [-0.25, -0.2) is 4.98 Å². The quantitative estimate of drug-likeness (QED) is 0.774. The number of carbonyl (C=O) groups is 1. The zero-order valence-electron chi connectivity index (χ0n) is 12.3. The van der Waals surface area contributed by atoms with Crippen molar-refractivity contribution in [3.63, 3.8) is 0 Å². The molecule has 0 bridgehead atoms. The highest BCUT2D eigenvalue weighted by molar-refractivity contribution is 6.02. The average molecular weight is 296 g/mol. The van der Waals surface area contributed by atoms with E-state index in [2.05, 4.69) is 25.5 Å². The van der Waals surface area contributed by atoms with Gasteiger partial charge in [0, 0.05) is 12.2 Å². The van der Waals surface area contributed by atoms with Crippen molar-refractivity contribution in [1.82, 2.24) is 24.7 Å². The van der Waals surface area contributed by atoms with Crippen LogP contribution in [0.5, 0.6) is 0 Å². The highest BCUT2D eigenvalue weighted by atomic mass is 16.1. The van der Waals surface area contributed by atoms with Crippen LogP contribution in [0.3, 0.4) is 0 Å². The molecular weight excluding hydrogens is 280 g/mol. The Balaban J connectivity index is 1.87. The molecule has 3 aromatic heterocycles. The van der Waals surface area contributed by atoms with Gasteiger partial charge in [-0.1, -0.05) is 6.07 Å². The number of nitrogens with zero attached hydrogens (tertiary/aromatic N) is 4. The SMILES string of the molecule is CC(C)n1cnnc1-c1cccc(NC(=O)c2ccc[nH]2)n1. The normalized spacial score (nSPS) is 10.9. The Morgan fingerprint density at radius 1 is 1.27 bits per heavy atom. The maximum absolute atomic E-state index is 12.0. The molecule has 1 amide bonds. The van der Waals surface area contributed by atoms with Crippen molar-refractivity contribution in [2.75, 3.05) is 5.32 Å². The molecule has 0 aliphatic carbocycles. The first-order chi connectivity index (χ1) is 10.6. The van der Waals surface area contributed by atoms with Gasteiger partial charge < -0.3 is 14.9 Å². The van der Waals surface area contributed by atoms with E-state index in [0.717, 1.165) is 0 Å². The van der Waals surface area contributed by atoms with Gasteiger partial charge in [-0.2, -0.15) is 0 Å². The van der Waals surface area contributed by atoms with Crippen LogP contribution >= 0.6 is 0 Å². The van der Waals surface area contributed by atoms with Crippen LogP contribution in [0.4, 0.5) is 5.82 Å². The number of pyridine rings is 1. The van der Waals surface area contributed by atoms with Crippen LogP contribution in [0.2, 0.25) is 0 Å². The standard InChI is InChI=1S/C15H16N6O/c1-10(2)21-9-17-20-14(21)11-5-3-7-13(18-11)19-15(22)12-6-4-8-16-12/h3-10,16H,1-2H3,(H,18,19,22). The second kappa shape index (κ2) is 5.80. The number of rotatable bonds is 4. The second-order valence-electron chi connectivity index (χ2n) is 5.10. The van der Waals surface area contributed by atoms with Crippen molar-refractivity contribution >= 4 is 11.7 Å². The molecule has 0 spiro atoms. The van der Waals surface area contributed by atoms with Crippen LogP contribution in [-0.2, 0) is 0 Å². The van der Waals surface area contributed by atoms with Crippen molar-refractivity contribution in [2.45, 2.75) is 19.9 Å². The van der Waals surface area contributed by atoms with Gasteiger partial charge in [0.05, 0.1) is 0 Å². The number of hydrogen-bond donors (Lipinski definition) is 2. The number of H-pyrrole nitrogens is 1. The molecule has 7 nitrogen and oxygen atoms in total. The Hall–Kier alpha value is -2.96. The number of hydrogen-bond acceptors (Lipinski definition) is 4. The summed E-state index contributed by atoms with van der Waals surface area (Å²) in [6.45, 7) is 4.09. The van der Waals surface area contributed by atoms with E-state index >= 15 is 0 Å². The summed E-state index contributed by atoms with van der Waals surface area (Å²) in [5.74, 6) is 0.904. The van der Waals surface area contributed by atoms with Crippen LogP contribution in [0.1, 0.15) is 30.4 Å². The molecule has 0 aliphatic rings. The number of aromatic nitrogens is 5. The van der Waals surface area contributed by atoms with E-state index in [1.54, 1.807) is 30.7 Å². The molecule has 0 saturated heterocycles. The van der Waals surface area contributed by atoms with Crippen molar-refractivity contribution in [3.8, 4) is 11.5 Å². The third kappa shape index (κ3) is 2.73. The van der Waals surface area contributed by atoms with E-state index in [1.807, 2.05) is 30.5 Å². The van der Waals surface area contributed by atoms with Gasteiger partial charge in [0.1, 0.15) is 23.5 Å². The van der Waals surface area contributed by atoms with Crippen LogP contribution in [0, 0.1) is 0 Å². The Kier molecular flexibility index (Phi) is 3.69. The topological polar surface area (TPSA) is 88.5 Å². The molecule has 0 atom stereocenters. The van der Waals surface area contributed by atoms with Gasteiger partial charge in [0.15, 0.2) is 5.82 Å². The van der Waals surface area contributed by atoms with Crippen molar-refractivity contribution in [3.05, 3.63) is 48.5 Å². The average Bonchev–Trinajstić information content (AvgIpc) is 3.19. The van der Waals surface area contributed by atoms with Gasteiger partial charge in [0.25, 0.3) is 5.91 Å². The molecule has 2 N–H and O–H groups in total. The molecule has 0 radical (unpaired) electrons. The summed E-state index contributed by atoms with van der Waals surface area (Å²) in [5.41, 5.74) is 1.15. The molecule has 22 heavy (non-hydrogen) atoms. The summed E-state index contributed by atoms with van der Waals surface area (Å²) < 4.78 is 1.93. The van der Waals surface area contributed by atoms with E-state index in [-0.39, 0.29) is 11.9 Å². The fraction of sp³-hybridized carbons (Fsp3) is 0.200. The van der Waals surface area contributed by atoms with Crippen LogP contribution in [0.25, 0.3) is 11.5 Å². The fourth-order valence-corrected chi connectivity index (χ4v) is 2.09. The maximum Gasteiger partial charge on any atom is 0.273 e. The van der Waals surface area contributed by atoms with Gasteiger partial charge in [-0.3, -0.25) is 4.79 Å². The maximum atomic E-state index is 12.0. The summed E-state index contributed by atoms with van der Waals surface area (Å²) in [7, 11) is 0. The van der Waals surface area contributed by atoms with Crippen LogP contribution in [-0.4, -0.2) is 30.6 Å². The first-order valence-electron chi connectivity index (χ1n) is 6.97. The monoisotopic (exact) mass is 296 g/mol. The summed E-state index contributed by atoms with van der Waals surface area (Å²) in [4.78, 5) is 19.3. The summed E-state index contributed by atoms with van der Waals surface area (Å²) in [6, 6.07) is 9.10. The van der Waals surface area contributed by atoms with E-state index in [9.17, 15) is 4.79 Å². The summed E-state index contributed by atoms with van der Waals surface area (Å²) in [6.07, 6.45) is 3.37. The Morgan fingerprint density at radius 3 is 2.86 bits per heavy atom. The molecule has 0 aliphatic heterocycles. The predicted octanol–water partition coefficient (Wildman–Crippen LogP) is 2.50. The summed E-state index contributed by atoms with van der Waals surface area (Å²) >= 11 is 0. The number of anilines is 1. The largest absolute Gasteiger partial charge is 0.357 e. The van der Waals surface area contributed by atoms with Gasteiger partial charge in [0.2, 0.25) is 0 Å². The molecule has 0 aromatic carbocycles. The Labute approximate surface area is 127 Å².